The maximum Gasteiger partial charge on any atom is 0.0589 e. The monoisotopic (exact) mass is 173 g/mol. The van der Waals surface area contributed by atoms with Gasteiger partial charge in [-0.3, -0.25) is 0 Å². The van der Waals surface area contributed by atoms with Gasteiger partial charge in [-0.2, -0.15) is 0 Å². The fourth-order valence-electron chi connectivity index (χ4n) is 1.67. The lowest BCUT2D eigenvalue weighted by molar-refractivity contribution is 0.127. The molecule has 3 heteroatoms. The molecule has 0 saturated carbocycles. The topological polar surface area (TPSA) is 32.7 Å². The molecule has 0 radical (unpaired) electrons. The van der Waals surface area contributed by atoms with Crippen LogP contribution in [0.1, 0.15) is 13.3 Å². The molecule has 1 N–H and O–H groups in total. The van der Waals surface area contributed by atoms with E-state index in [9.17, 15) is 0 Å². The maximum atomic E-state index is 9.11. The second-order valence-electron chi connectivity index (χ2n) is 3.99. The van der Waals surface area contributed by atoms with Gasteiger partial charge in [0.25, 0.3) is 0 Å². The lowest BCUT2D eigenvalue weighted by Gasteiger charge is -2.21. The van der Waals surface area contributed by atoms with Gasteiger partial charge in [0.05, 0.1) is 6.61 Å². The van der Waals surface area contributed by atoms with Crippen LogP contribution in [-0.4, -0.2) is 50.0 Å². The highest BCUT2D eigenvalue weighted by Crippen LogP contribution is 2.28. The summed E-state index contributed by atoms with van der Waals surface area (Å²) >= 11 is 0. The third-order valence-electron chi connectivity index (χ3n) is 2.63. The van der Waals surface area contributed by atoms with Gasteiger partial charge < -0.3 is 14.7 Å². The van der Waals surface area contributed by atoms with Gasteiger partial charge in [0.1, 0.15) is 0 Å². The van der Waals surface area contributed by atoms with Crippen LogP contribution in [0.15, 0.2) is 0 Å². The zero-order valence-corrected chi connectivity index (χ0v) is 8.05. The Morgan fingerprint density at radius 2 is 2.33 bits per heavy atom. The SMILES string of the molecule is COCCN1CC[C@@](C)(CO)C1. The minimum atomic E-state index is 0.133. The molecule has 0 bridgehead atoms. The van der Waals surface area contributed by atoms with Gasteiger partial charge >= 0.3 is 0 Å². The van der Waals surface area contributed by atoms with Crippen molar-refractivity contribution in [2.24, 2.45) is 5.41 Å². The van der Waals surface area contributed by atoms with E-state index in [4.69, 9.17) is 9.84 Å². The van der Waals surface area contributed by atoms with E-state index in [2.05, 4.69) is 11.8 Å². The van der Waals surface area contributed by atoms with Crippen LogP contribution in [0.3, 0.4) is 0 Å². The summed E-state index contributed by atoms with van der Waals surface area (Å²) in [6, 6.07) is 0. The second-order valence-corrected chi connectivity index (χ2v) is 3.99. The molecule has 0 aromatic carbocycles. The Labute approximate surface area is 74.3 Å². The number of aliphatic hydroxyl groups excluding tert-OH is 1. The normalized spacial score (nSPS) is 31.2. The molecule has 0 aromatic heterocycles. The van der Waals surface area contributed by atoms with Crippen molar-refractivity contribution in [3.63, 3.8) is 0 Å². The summed E-state index contributed by atoms with van der Waals surface area (Å²) in [6.45, 7) is 6.33. The Kier molecular flexibility index (Phi) is 3.50. The number of likely N-dealkylation sites (tertiary alicyclic amines) is 1. The van der Waals surface area contributed by atoms with Crippen LogP contribution in [-0.2, 0) is 4.74 Å². The molecule has 1 aliphatic rings. The van der Waals surface area contributed by atoms with Crippen LogP contribution < -0.4 is 0 Å². The molecule has 1 heterocycles. The molecule has 1 saturated heterocycles. The van der Waals surface area contributed by atoms with E-state index in [0.29, 0.717) is 6.61 Å². The van der Waals surface area contributed by atoms with Crippen molar-refractivity contribution < 1.29 is 9.84 Å². The molecule has 0 spiro atoms. The van der Waals surface area contributed by atoms with Crippen LogP contribution in [0.2, 0.25) is 0 Å². The number of ether oxygens (including phenoxy) is 1. The minimum Gasteiger partial charge on any atom is -0.396 e. The van der Waals surface area contributed by atoms with Gasteiger partial charge in [-0.1, -0.05) is 6.92 Å². The van der Waals surface area contributed by atoms with E-state index in [1.54, 1.807) is 7.11 Å². The summed E-state index contributed by atoms with van der Waals surface area (Å²) in [5, 5.41) is 9.11. The Morgan fingerprint density at radius 3 is 2.83 bits per heavy atom. The molecule has 1 aliphatic heterocycles. The molecular formula is C9H19NO2. The van der Waals surface area contributed by atoms with E-state index in [-0.39, 0.29) is 5.41 Å². The molecule has 0 aromatic rings. The van der Waals surface area contributed by atoms with Crippen LogP contribution in [0.25, 0.3) is 0 Å². The molecule has 0 unspecified atom stereocenters. The van der Waals surface area contributed by atoms with E-state index in [0.717, 1.165) is 32.7 Å². The van der Waals surface area contributed by atoms with Crippen LogP contribution in [0, 0.1) is 5.41 Å². The predicted molar refractivity (Wildman–Crippen MR) is 48.1 cm³/mol. The van der Waals surface area contributed by atoms with Gasteiger partial charge in [0.15, 0.2) is 0 Å². The molecule has 1 rings (SSSR count). The third-order valence-corrected chi connectivity index (χ3v) is 2.63. The molecule has 0 amide bonds. The average Bonchev–Trinajstić information content (AvgIpc) is 2.45. The minimum absolute atomic E-state index is 0.133. The molecule has 3 nitrogen and oxygen atoms in total. The van der Waals surface area contributed by atoms with Gasteiger partial charge in [-0.15, -0.1) is 0 Å². The van der Waals surface area contributed by atoms with E-state index in [1.165, 1.54) is 0 Å². The Hall–Kier alpha value is -0.120. The fraction of sp³-hybridized carbons (Fsp3) is 1.00. The van der Waals surface area contributed by atoms with Crippen molar-refractivity contribution in [3.05, 3.63) is 0 Å². The van der Waals surface area contributed by atoms with Crippen molar-refractivity contribution in [2.45, 2.75) is 13.3 Å². The first-order valence-corrected chi connectivity index (χ1v) is 4.52. The smallest absolute Gasteiger partial charge is 0.0589 e. The zero-order chi connectivity index (χ0) is 9.03. The van der Waals surface area contributed by atoms with Gasteiger partial charge in [0.2, 0.25) is 0 Å². The molecule has 0 aliphatic carbocycles. The summed E-state index contributed by atoms with van der Waals surface area (Å²) in [5.74, 6) is 0. The van der Waals surface area contributed by atoms with Crippen molar-refractivity contribution in [2.75, 3.05) is 40.0 Å². The highest BCUT2D eigenvalue weighted by atomic mass is 16.5. The molecule has 12 heavy (non-hydrogen) atoms. The second kappa shape index (κ2) is 4.21. The number of methoxy groups -OCH3 is 1. The first-order valence-electron chi connectivity index (χ1n) is 4.52. The summed E-state index contributed by atoms with van der Waals surface area (Å²) in [4.78, 5) is 2.35. The quantitative estimate of drug-likeness (QED) is 0.665. The van der Waals surface area contributed by atoms with Gasteiger partial charge in [0, 0.05) is 32.2 Å². The first-order chi connectivity index (χ1) is 5.70. The molecule has 1 fully saturated rings. The molecule has 72 valence electrons. The van der Waals surface area contributed by atoms with Crippen LogP contribution in [0.4, 0.5) is 0 Å². The summed E-state index contributed by atoms with van der Waals surface area (Å²) in [5.41, 5.74) is 0.133. The highest BCUT2D eigenvalue weighted by molar-refractivity contribution is 4.85. The van der Waals surface area contributed by atoms with Gasteiger partial charge in [-0.25, -0.2) is 0 Å². The van der Waals surface area contributed by atoms with E-state index < -0.39 is 0 Å². The predicted octanol–water partition coefficient (Wildman–Crippen LogP) is 0.337. The average molecular weight is 173 g/mol. The zero-order valence-electron chi connectivity index (χ0n) is 8.05. The van der Waals surface area contributed by atoms with E-state index in [1.807, 2.05) is 0 Å². The van der Waals surface area contributed by atoms with Crippen molar-refractivity contribution in [1.82, 2.24) is 4.90 Å². The summed E-state index contributed by atoms with van der Waals surface area (Å²) in [7, 11) is 1.72. The van der Waals surface area contributed by atoms with Crippen LogP contribution >= 0.6 is 0 Å². The highest BCUT2D eigenvalue weighted by Gasteiger charge is 2.32. The van der Waals surface area contributed by atoms with Crippen molar-refractivity contribution in [1.29, 1.82) is 0 Å². The number of rotatable bonds is 4. The standard InChI is InChI=1S/C9H19NO2/c1-9(8-11)3-4-10(7-9)5-6-12-2/h11H,3-8H2,1-2H3/t9-/m1/s1. The number of hydrogen-bond acceptors (Lipinski definition) is 3. The number of hydrogen-bond donors (Lipinski definition) is 1. The lowest BCUT2D eigenvalue weighted by Crippen LogP contribution is -2.29. The van der Waals surface area contributed by atoms with Crippen molar-refractivity contribution in [3.8, 4) is 0 Å². The van der Waals surface area contributed by atoms with Crippen molar-refractivity contribution >= 4 is 0 Å². The maximum absolute atomic E-state index is 9.11. The number of nitrogens with zero attached hydrogens (tertiary/aromatic N) is 1. The molecular weight excluding hydrogens is 154 g/mol. The molecule has 1 atom stereocenters. The first kappa shape index (κ1) is 9.96. The number of aliphatic hydroxyl groups is 1. The van der Waals surface area contributed by atoms with Crippen LogP contribution in [0.5, 0.6) is 0 Å². The summed E-state index contributed by atoms with van der Waals surface area (Å²) < 4.78 is 5.00. The Bertz CT molecular complexity index is 138. The largest absolute Gasteiger partial charge is 0.396 e. The van der Waals surface area contributed by atoms with E-state index >= 15 is 0 Å². The lowest BCUT2D eigenvalue weighted by atomic mass is 9.91. The summed E-state index contributed by atoms with van der Waals surface area (Å²) in [6.07, 6.45) is 1.10. The Balaban J connectivity index is 2.25. The third kappa shape index (κ3) is 2.44. The Morgan fingerprint density at radius 1 is 1.58 bits per heavy atom. The van der Waals surface area contributed by atoms with Gasteiger partial charge in [-0.05, 0) is 13.0 Å². The fourth-order valence-corrected chi connectivity index (χ4v) is 1.67.